The van der Waals surface area contributed by atoms with Crippen LogP contribution in [0.5, 0.6) is 5.75 Å². The standard InChI is InChI=1S/C14H11ClO5/c15-8-1-2-11-10(4-8)12(5-13(16)20-11)19-6-7-3-9(7)14(17)18/h1-2,4-5,7,9H,3,6H2,(H,17,18)/t7-,9+/m1/s1. The minimum atomic E-state index is -0.806. The first-order chi connectivity index (χ1) is 9.54. The number of carboxylic acid groups (broad SMARTS) is 1. The smallest absolute Gasteiger partial charge is 0.339 e. The number of hydrogen-bond donors (Lipinski definition) is 1. The lowest BCUT2D eigenvalue weighted by Crippen LogP contribution is -2.08. The van der Waals surface area contributed by atoms with E-state index in [1.165, 1.54) is 6.07 Å². The zero-order valence-electron chi connectivity index (χ0n) is 10.3. The first kappa shape index (κ1) is 13.0. The average molecular weight is 295 g/mol. The Bertz CT molecular complexity index is 736. The Hall–Kier alpha value is -2.01. The first-order valence-electron chi connectivity index (χ1n) is 6.13. The molecule has 0 saturated heterocycles. The van der Waals surface area contributed by atoms with Gasteiger partial charge in [0.05, 0.1) is 24.0 Å². The van der Waals surface area contributed by atoms with E-state index in [1.807, 2.05) is 0 Å². The van der Waals surface area contributed by atoms with Crippen LogP contribution in [0, 0.1) is 11.8 Å². The van der Waals surface area contributed by atoms with Gasteiger partial charge in [-0.3, -0.25) is 4.79 Å². The number of halogens is 1. The number of hydrogen-bond acceptors (Lipinski definition) is 4. The lowest BCUT2D eigenvalue weighted by molar-refractivity contribution is -0.138. The van der Waals surface area contributed by atoms with E-state index in [1.54, 1.807) is 18.2 Å². The second-order valence-electron chi connectivity index (χ2n) is 4.82. The number of benzene rings is 1. The van der Waals surface area contributed by atoms with Gasteiger partial charge in [0, 0.05) is 10.9 Å². The summed E-state index contributed by atoms with van der Waals surface area (Å²) in [6, 6.07) is 6.12. The van der Waals surface area contributed by atoms with Crippen molar-refractivity contribution in [1.82, 2.24) is 0 Å². The van der Waals surface area contributed by atoms with Crippen LogP contribution in [0.15, 0.2) is 33.5 Å². The van der Waals surface area contributed by atoms with E-state index in [2.05, 4.69) is 0 Å². The van der Waals surface area contributed by atoms with E-state index in [4.69, 9.17) is 25.9 Å². The maximum atomic E-state index is 11.4. The van der Waals surface area contributed by atoms with Crippen molar-refractivity contribution in [2.24, 2.45) is 11.8 Å². The van der Waals surface area contributed by atoms with Crippen LogP contribution in [0.2, 0.25) is 5.02 Å². The molecule has 2 aromatic rings. The molecule has 2 atom stereocenters. The van der Waals surface area contributed by atoms with Crippen LogP contribution in [0.4, 0.5) is 0 Å². The zero-order valence-corrected chi connectivity index (χ0v) is 11.1. The van der Waals surface area contributed by atoms with Crippen molar-refractivity contribution < 1.29 is 19.1 Å². The Labute approximate surface area is 118 Å². The van der Waals surface area contributed by atoms with Crippen molar-refractivity contribution in [2.45, 2.75) is 6.42 Å². The van der Waals surface area contributed by atoms with Crippen molar-refractivity contribution >= 4 is 28.5 Å². The average Bonchev–Trinajstić information content (AvgIpc) is 3.16. The number of carbonyl (C=O) groups is 1. The quantitative estimate of drug-likeness (QED) is 0.877. The molecule has 0 spiro atoms. The molecule has 0 aliphatic heterocycles. The fraction of sp³-hybridized carbons (Fsp3) is 0.286. The van der Waals surface area contributed by atoms with Gasteiger partial charge in [0.25, 0.3) is 0 Å². The van der Waals surface area contributed by atoms with Gasteiger partial charge < -0.3 is 14.3 Å². The predicted octanol–water partition coefficient (Wildman–Crippen LogP) is 2.55. The highest BCUT2D eigenvalue weighted by atomic mass is 35.5. The number of aliphatic carboxylic acids is 1. The molecule has 1 saturated carbocycles. The molecule has 5 nitrogen and oxygen atoms in total. The van der Waals surface area contributed by atoms with Crippen molar-refractivity contribution in [3.8, 4) is 5.75 Å². The van der Waals surface area contributed by atoms with E-state index in [0.717, 1.165) is 0 Å². The van der Waals surface area contributed by atoms with Crippen molar-refractivity contribution in [2.75, 3.05) is 6.61 Å². The Balaban J connectivity index is 1.85. The van der Waals surface area contributed by atoms with Gasteiger partial charge in [-0.25, -0.2) is 4.79 Å². The molecule has 1 heterocycles. The highest BCUT2D eigenvalue weighted by Crippen LogP contribution is 2.39. The number of rotatable bonds is 4. The summed E-state index contributed by atoms with van der Waals surface area (Å²) in [5.41, 5.74) is -0.122. The first-order valence-corrected chi connectivity index (χ1v) is 6.51. The second kappa shape index (κ2) is 4.83. The summed E-state index contributed by atoms with van der Waals surface area (Å²) in [6.45, 7) is 0.266. The summed E-state index contributed by atoms with van der Waals surface area (Å²) in [4.78, 5) is 22.2. The molecule has 1 aromatic carbocycles. The molecule has 1 aliphatic carbocycles. The van der Waals surface area contributed by atoms with Crippen LogP contribution in [0.1, 0.15) is 6.42 Å². The molecule has 20 heavy (non-hydrogen) atoms. The van der Waals surface area contributed by atoms with Gasteiger partial charge in [-0.1, -0.05) is 11.6 Å². The summed E-state index contributed by atoms with van der Waals surface area (Å²) in [7, 11) is 0. The van der Waals surface area contributed by atoms with Crippen molar-refractivity contribution in [3.63, 3.8) is 0 Å². The van der Waals surface area contributed by atoms with Crippen LogP contribution in [0.3, 0.4) is 0 Å². The van der Waals surface area contributed by atoms with Gasteiger partial charge in [-0.2, -0.15) is 0 Å². The molecule has 6 heteroatoms. The largest absolute Gasteiger partial charge is 0.492 e. The Morgan fingerprint density at radius 2 is 2.25 bits per heavy atom. The fourth-order valence-corrected chi connectivity index (χ4v) is 2.33. The van der Waals surface area contributed by atoms with Crippen molar-refractivity contribution in [3.05, 3.63) is 39.7 Å². The molecule has 0 bridgehead atoms. The second-order valence-corrected chi connectivity index (χ2v) is 5.26. The Morgan fingerprint density at radius 1 is 1.45 bits per heavy atom. The minimum absolute atomic E-state index is 0.00557. The Morgan fingerprint density at radius 3 is 2.95 bits per heavy atom. The third-order valence-electron chi connectivity index (χ3n) is 3.36. The topological polar surface area (TPSA) is 76.7 Å². The molecule has 3 rings (SSSR count). The SMILES string of the molecule is O=C(O)[C@H]1C[C@@H]1COc1cc(=O)oc2ccc(Cl)cc12. The molecule has 0 amide bonds. The van der Waals surface area contributed by atoms with E-state index in [0.29, 0.717) is 28.2 Å². The number of ether oxygens (including phenoxy) is 1. The zero-order chi connectivity index (χ0) is 14.3. The maximum Gasteiger partial charge on any atom is 0.339 e. The van der Waals surface area contributed by atoms with Crippen LogP contribution in [-0.4, -0.2) is 17.7 Å². The Kier molecular flexibility index (Phi) is 3.14. The normalized spacial score (nSPS) is 20.9. The fourth-order valence-electron chi connectivity index (χ4n) is 2.16. The van der Waals surface area contributed by atoms with E-state index < -0.39 is 11.6 Å². The summed E-state index contributed by atoms with van der Waals surface area (Å²) in [6.07, 6.45) is 0.607. The van der Waals surface area contributed by atoms with Crippen LogP contribution < -0.4 is 10.4 Å². The lowest BCUT2D eigenvalue weighted by atomic mass is 10.2. The molecule has 104 valence electrons. The highest BCUT2D eigenvalue weighted by Gasteiger charge is 2.43. The monoisotopic (exact) mass is 294 g/mol. The molecular formula is C14H11ClO5. The summed E-state index contributed by atoms with van der Waals surface area (Å²) < 4.78 is 10.6. The number of fused-ring (bicyclic) bond motifs is 1. The van der Waals surface area contributed by atoms with Crippen LogP contribution in [-0.2, 0) is 4.79 Å². The number of carboxylic acids is 1. The van der Waals surface area contributed by atoms with Crippen LogP contribution >= 0.6 is 11.6 Å². The summed E-state index contributed by atoms with van der Waals surface area (Å²) in [5, 5.41) is 9.94. The molecule has 1 N–H and O–H groups in total. The third-order valence-corrected chi connectivity index (χ3v) is 3.59. The van der Waals surface area contributed by atoms with Gasteiger partial charge in [0.2, 0.25) is 0 Å². The van der Waals surface area contributed by atoms with Gasteiger partial charge in [0.1, 0.15) is 11.3 Å². The minimum Gasteiger partial charge on any atom is -0.492 e. The van der Waals surface area contributed by atoms with Gasteiger partial charge in [-0.15, -0.1) is 0 Å². The predicted molar refractivity (Wildman–Crippen MR) is 72.2 cm³/mol. The van der Waals surface area contributed by atoms with Crippen LogP contribution in [0.25, 0.3) is 11.0 Å². The van der Waals surface area contributed by atoms with E-state index in [9.17, 15) is 9.59 Å². The molecule has 0 radical (unpaired) electrons. The summed E-state index contributed by atoms with van der Waals surface area (Å²) >= 11 is 5.92. The van der Waals surface area contributed by atoms with E-state index >= 15 is 0 Å². The molecule has 1 fully saturated rings. The maximum absolute atomic E-state index is 11.4. The molecule has 1 aliphatic rings. The summed E-state index contributed by atoms with van der Waals surface area (Å²) in [5.74, 6) is -0.784. The molecular weight excluding hydrogens is 284 g/mol. The van der Waals surface area contributed by atoms with Gasteiger partial charge in [0.15, 0.2) is 0 Å². The molecule has 1 aromatic heterocycles. The van der Waals surface area contributed by atoms with Gasteiger partial charge >= 0.3 is 11.6 Å². The van der Waals surface area contributed by atoms with E-state index in [-0.39, 0.29) is 18.4 Å². The van der Waals surface area contributed by atoms with Gasteiger partial charge in [-0.05, 0) is 24.6 Å². The highest BCUT2D eigenvalue weighted by molar-refractivity contribution is 6.31. The van der Waals surface area contributed by atoms with Crippen molar-refractivity contribution in [1.29, 1.82) is 0 Å². The third kappa shape index (κ3) is 2.49. The molecule has 0 unspecified atom stereocenters. The lowest BCUT2D eigenvalue weighted by Gasteiger charge is -2.08.